The third kappa shape index (κ3) is 6.68. The smallest absolute Gasteiger partial charge is 0.252 e. The molecule has 3 aromatic rings. The molecule has 0 saturated carbocycles. The first-order chi connectivity index (χ1) is 17.8. The largest absolute Gasteiger partial charge is 0.374 e. The highest BCUT2D eigenvalue weighted by Gasteiger charge is 2.33. The van der Waals surface area contributed by atoms with E-state index in [1.54, 1.807) is 54.6 Å². The van der Waals surface area contributed by atoms with Gasteiger partial charge < -0.3 is 15.4 Å². The Morgan fingerprint density at radius 2 is 1.68 bits per heavy atom. The van der Waals surface area contributed by atoms with E-state index in [9.17, 15) is 18.0 Å². The van der Waals surface area contributed by atoms with E-state index in [1.165, 1.54) is 22.5 Å². The second-order valence-electron chi connectivity index (χ2n) is 8.36. The van der Waals surface area contributed by atoms with Gasteiger partial charge in [0.1, 0.15) is 10.9 Å². The Labute approximate surface area is 225 Å². The number of ether oxygens (including phenoxy) is 1. The maximum Gasteiger partial charge on any atom is 0.252 e. The molecule has 0 radical (unpaired) electrons. The van der Waals surface area contributed by atoms with E-state index in [-0.39, 0.29) is 36.2 Å². The van der Waals surface area contributed by atoms with E-state index < -0.39 is 34.0 Å². The summed E-state index contributed by atoms with van der Waals surface area (Å²) in [5.74, 6) is -0.838. The molecular formula is C26H25Cl2N3O5S. The van der Waals surface area contributed by atoms with Crippen LogP contribution in [0.25, 0.3) is 0 Å². The SMILES string of the molecule is O=C(N[C@H](C(=O)NCC1CN(S(=O)(=O)c2ccc(Cl)cc2Cl)CCO1)c1ccccc1)c1ccccc1. The van der Waals surface area contributed by atoms with E-state index in [0.29, 0.717) is 16.1 Å². The third-order valence-electron chi connectivity index (χ3n) is 5.82. The van der Waals surface area contributed by atoms with E-state index >= 15 is 0 Å². The summed E-state index contributed by atoms with van der Waals surface area (Å²) in [6.45, 7) is 0.362. The van der Waals surface area contributed by atoms with Crippen LogP contribution >= 0.6 is 23.2 Å². The number of hydrogen-bond acceptors (Lipinski definition) is 5. The van der Waals surface area contributed by atoms with Gasteiger partial charge in [-0.3, -0.25) is 9.59 Å². The van der Waals surface area contributed by atoms with Gasteiger partial charge >= 0.3 is 0 Å². The number of halogens is 2. The number of benzene rings is 3. The van der Waals surface area contributed by atoms with Gasteiger partial charge in [0, 0.05) is 30.2 Å². The van der Waals surface area contributed by atoms with Gasteiger partial charge in [0.15, 0.2) is 0 Å². The van der Waals surface area contributed by atoms with E-state index in [1.807, 2.05) is 6.07 Å². The van der Waals surface area contributed by atoms with Crippen LogP contribution in [0.4, 0.5) is 0 Å². The van der Waals surface area contributed by atoms with Crippen molar-refractivity contribution in [2.75, 3.05) is 26.2 Å². The molecule has 0 spiro atoms. The number of morpholine rings is 1. The summed E-state index contributed by atoms with van der Waals surface area (Å²) >= 11 is 12.0. The highest BCUT2D eigenvalue weighted by molar-refractivity contribution is 7.89. The van der Waals surface area contributed by atoms with Crippen molar-refractivity contribution in [3.8, 4) is 0 Å². The van der Waals surface area contributed by atoms with E-state index in [2.05, 4.69) is 10.6 Å². The molecule has 8 nitrogen and oxygen atoms in total. The van der Waals surface area contributed by atoms with Crippen molar-refractivity contribution in [3.63, 3.8) is 0 Å². The van der Waals surface area contributed by atoms with Crippen molar-refractivity contribution in [2.24, 2.45) is 0 Å². The zero-order valence-corrected chi connectivity index (χ0v) is 22.0. The Bertz CT molecular complexity index is 1360. The second kappa shape index (κ2) is 12.1. The fourth-order valence-corrected chi connectivity index (χ4v) is 6.13. The Kier molecular flexibility index (Phi) is 8.83. The quantitative estimate of drug-likeness (QED) is 0.436. The maximum absolute atomic E-state index is 13.2. The van der Waals surface area contributed by atoms with Crippen molar-refractivity contribution in [1.82, 2.24) is 14.9 Å². The average Bonchev–Trinajstić information content (AvgIpc) is 2.91. The van der Waals surface area contributed by atoms with Crippen LogP contribution in [-0.2, 0) is 19.6 Å². The first kappa shape index (κ1) is 27.1. The molecule has 11 heteroatoms. The maximum atomic E-state index is 13.2. The first-order valence-corrected chi connectivity index (χ1v) is 13.7. The summed E-state index contributed by atoms with van der Waals surface area (Å²) in [4.78, 5) is 25.9. The van der Waals surface area contributed by atoms with Crippen LogP contribution in [0.15, 0.2) is 83.8 Å². The fourth-order valence-electron chi connectivity index (χ4n) is 3.92. The van der Waals surface area contributed by atoms with E-state index in [4.69, 9.17) is 27.9 Å². The molecule has 37 heavy (non-hydrogen) atoms. The molecule has 1 unspecified atom stereocenters. The molecule has 0 bridgehead atoms. The lowest BCUT2D eigenvalue weighted by Crippen LogP contribution is -2.50. The van der Waals surface area contributed by atoms with Crippen molar-refractivity contribution in [1.29, 1.82) is 0 Å². The van der Waals surface area contributed by atoms with Crippen LogP contribution in [0, 0.1) is 0 Å². The predicted octanol–water partition coefficient (Wildman–Crippen LogP) is 3.67. The zero-order chi connectivity index (χ0) is 26.4. The lowest BCUT2D eigenvalue weighted by Gasteiger charge is -2.32. The summed E-state index contributed by atoms with van der Waals surface area (Å²) in [6, 6.07) is 20.7. The van der Waals surface area contributed by atoms with Crippen LogP contribution in [0.5, 0.6) is 0 Å². The molecule has 4 rings (SSSR count). The van der Waals surface area contributed by atoms with Crippen LogP contribution in [0.3, 0.4) is 0 Å². The van der Waals surface area contributed by atoms with Gasteiger partial charge in [0.25, 0.3) is 5.91 Å². The van der Waals surface area contributed by atoms with Gasteiger partial charge in [-0.15, -0.1) is 0 Å². The molecular weight excluding hydrogens is 537 g/mol. The molecule has 1 aliphatic heterocycles. The molecule has 1 saturated heterocycles. The highest BCUT2D eigenvalue weighted by Crippen LogP contribution is 2.28. The van der Waals surface area contributed by atoms with Crippen molar-refractivity contribution >= 4 is 45.0 Å². The predicted molar refractivity (Wildman–Crippen MR) is 141 cm³/mol. The standard InChI is InChI=1S/C26H25Cl2N3O5S/c27-20-11-12-23(22(28)15-20)37(34,35)31-13-14-36-21(17-31)16-29-26(33)24(18-7-3-1-4-8-18)30-25(32)19-9-5-2-6-10-19/h1-12,15,21,24H,13-14,16-17H2,(H,29,33)(H,30,32)/t21?,24-/m0/s1. The van der Waals surface area contributed by atoms with Gasteiger partial charge in [-0.05, 0) is 35.9 Å². The van der Waals surface area contributed by atoms with Crippen LogP contribution in [0.1, 0.15) is 22.0 Å². The molecule has 3 aromatic carbocycles. The van der Waals surface area contributed by atoms with Crippen molar-refractivity contribution in [3.05, 3.63) is 100 Å². The van der Waals surface area contributed by atoms with Gasteiger partial charge in [-0.1, -0.05) is 71.7 Å². The minimum Gasteiger partial charge on any atom is -0.374 e. The molecule has 1 aliphatic rings. The number of hydrogen-bond donors (Lipinski definition) is 2. The average molecular weight is 562 g/mol. The summed E-state index contributed by atoms with van der Waals surface area (Å²) in [5, 5.41) is 5.94. The third-order valence-corrected chi connectivity index (χ3v) is 8.41. The van der Waals surface area contributed by atoms with Crippen molar-refractivity contribution in [2.45, 2.75) is 17.0 Å². The van der Waals surface area contributed by atoms with E-state index in [0.717, 1.165) is 0 Å². The molecule has 2 atom stereocenters. The van der Waals surface area contributed by atoms with Gasteiger partial charge in [0.2, 0.25) is 15.9 Å². The fraction of sp³-hybridized carbons (Fsp3) is 0.231. The molecule has 2 N–H and O–H groups in total. The topological polar surface area (TPSA) is 105 Å². The van der Waals surface area contributed by atoms with Gasteiger partial charge in [-0.2, -0.15) is 4.31 Å². The minimum absolute atomic E-state index is 0.0218. The Hall–Kier alpha value is -2.95. The number of amides is 2. The summed E-state index contributed by atoms with van der Waals surface area (Å²) in [6.07, 6.45) is -0.597. The Morgan fingerprint density at radius 3 is 2.35 bits per heavy atom. The molecule has 194 valence electrons. The lowest BCUT2D eigenvalue weighted by atomic mass is 10.1. The van der Waals surface area contributed by atoms with Gasteiger partial charge in [0.05, 0.1) is 17.7 Å². The Morgan fingerprint density at radius 1 is 1.00 bits per heavy atom. The van der Waals surface area contributed by atoms with Crippen molar-refractivity contribution < 1.29 is 22.7 Å². The summed E-state index contributed by atoms with van der Waals surface area (Å²) < 4.78 is 33.3. The van der Waals surface area contributed by atoms with Crippen LogP contribution in [-0.4, -0.2) is 56.9 Å². The van der Waals surface area contributed by atoms with Gasteiger partial charge in [-0.25, -0.2) is 8.42 Å². The lowest BCUT2D eigenvalue weighted by molar-refractivity contribution is -0.124. The molecule has 1 fully saturated rings. The number of sulfonamides is 1. The number of rotatable bonds is 8. The second-order valence-corrected chi connectivity index (χ2v) is 11.1. The summed E-state index contributed by atoms with van der Waals surface area (Å²) in [5.41, 5.74) is 1.03. The molecule has 0 aliphatic carbocycles. The highest BCUT2D eigenvalue weighted by atomic mass is 35.5. The molecule has 1 heterocycles. The first-order valence-electron chi connectivity index (χ1n) is 11.5. The zero-order valence-electron chi connectivity index (χ0n) is 19.6. The normalized spacial score (nSPS) is 17.1. The monoisotopic (exact) mass is 561 g/mol. The Balaban J connectivity index is 1.43. The number of carbonyl (C=O) groups is 2. The van der Waals surface area contributed by atoms with Crippen LogP contribution < -0.4 is 10.6 Å². The number of carbonyl (C=O) groups excluding carboxylic acids is 2. The minimum atomic E-state index is -3.89. The number of nitrogens with one attached hydrogen (secondary N) is 2. The molecule has 2 amide bonds. The molecule has 0 aromatic heterocycles. The van der Waals surface area contributed by atoms with Crippen LogP contribution in [0.2, 0.25) is 10.0 Å². The number of nitrogens with zero attached hydrogens (tertiary/aromatic N) is 1. The summed E-state index contributed by atoms with van der Waals surface area (Å²) in [7, 11) is -3.89.